The van der Waals surface area contributed by atoms with E-state index in [1.54, 1.807) is 29.2 Å². The van der Waals surface area contributed by atoms with Crippen LogP contribution in [0.1, 0.15) is 23.4 Å². The van der Waals surface area contributed by atoms with E-state index in [4.69, 9.17) is 9.78 Å². The summed E-state index contributed by atoms with van der Waals surface area (Å²) < 4.78 is 5.40. The smallest absolute Gasteiger partial charge is 0.321 e. The molecule has 0 aliphatic carbocycles. The zero-order chi connectivity index (χ0) is 22.3. The molecule has 0 spiro atoms. The first-order valence-electron chi connectivity index (χ1n) is 10.8. The van der Waals surface area contributed by atoms with Crippen molar-refractivity contribution in [1.82, 2.24) is 19.9 Å². The van der Waals surface area contributed by atoms with E-state index in [1.165, 1.54) is 5.56 Å². The molecule has 0 unspecified atom stereocenters. The van der Waals surface area contributed by atoms with E-state index in [1.807, 2.05) is 31.2 Å². The van der Waals surface area contributed by atoms with E-state index in [2.05, 4.69) is 26.4 Å². The highest BCUT2D eigenvalue weighted by atomic mass is 16.5. The molecule has 1 fully saturated rings. The number of piperazine rings is 1. The third kappa shape index (κ3) is 5.50. The Morgan fingerprint density at radius 2 is 1.94 bits per heavy atom. The van der Waals surface area contributed by atoms with E-state index in [9.17, 15) is 4.79 Å². The van der Waals surface area contributed by atoms with Gasteiger partial charge in [0.1, 0.15) is 0 Å². The number of anilines is 1. The molecule has 164 valence electrons. The van der Waals surface area contributed by atoms with Crippen molar-refractivity contribution >= 4 is 11.7 Å². The van der Waals surface area contributed by atoms with Crippen LogP contribution in [-0.2, 0) is 6.42 Å². The van der Waals surface area contributed by atoms with Gasteiger partial charge in [0.05, 0.1) is 11.6 Å². The Hall–Kier alpha value is -3.70. The number of aryl methyl sites for hydroxylation is 2. The van der Waals surface area contributed by atoms with Gasteiger partial charge in [-0.15, -0.1) is 0 Å². The molecule has 3 aromatic rings. The Balaban J connectivity index is 1.19. The summed E-state index contributed by atoms with van der Waals surface area (Å²) in [5.41, 5.74) is 3.32. The maximum absolute atomic E-state index is 12.5. The Morgan fingerprint density at radius 1 is 1.16 bits per heavy atom. The van der Waals surface area contributed by atoms with Crippen LogP contribution in [0.2, 0.25) is 0 Å². The minimum Gasteiger partial charge on any atom is -0.339 e. The molecule has 1 N–H and O–H groups in total. The predicted octanol–water partition coefficient (Wildman–Crippen LogP) is 3.70. The van der Waals surface area contributed by atoms with Crippen LogP contribution < -0.4 is 5.32 Å². The number of amides is 2. The molecule has 2 amide bonds. The second kappa shape index (κ2) is 10.1. The summed E-state index contributed by atoms with van der Waals surface area (Å²) in [6.07, 6.45) is 1.65. The Morgan fingerprint density at radius 3 is 2.69 bits per heavy atom. The van der Waals surface area contributed by atoms with E-state index in [0.717, 1.165) is 38.0 Å². The van der Waals surface area contributed by atoms with Gasteiger partial charge in [0, 0.05) is 43.9 Å². The monoisotopic (exact) mass is 430 g/mol. The van der Waals surface area contributed by atoms with Crippen molar-refractivity contribution in [2.24, 2.45) is 0 Å². The highest BCUT2D eigenvalue weighted by Gasteiger charge is 2.21. The lowest BCUT2D eigenvalue weighted by Crippen LogP contribution is -2.50. The number of urea groups is 1. The maximum Gasteiger partial charge on any atom is 0.321 e. The molecular formula is C24H26N6O2. The molecular weight excluding hydrogens is 404 g/mol. The van der Waals surface area contributed by atoms with Crippen molar-refractivity contribution in [1.29, 1.82) is 5.26 Å². The number of nitriles is 1. The van der Waals surface area contributed by atoms with Crippen molar-refractivity contribution in [3.8, 4) is 17.5 Å². The lowest BCUT2D eigenvalue weighted by atomic mass is 10.1. The number of nitrogens with zero attached hydrogens (tertiary/aromatic N) is 5. The Labute approximate surface area is 187 Å². The first-order valence-corrected chi connectivity index (χ1v) is 10.8. The van der Waals surface area contributed by atoms with Crippen molar-refractivity contribution in [3.63, 3.8) is 0 Å². The fraction of sp³-hybridized carbons (Fsp3) is 0.333. The van der Waals surface area contributed by atoms with Crippen LogP contribution in [0, 0.1) is 18.3 Å². The number of hydrogen-bond acceptors (Lipinski definition) is 6. The van der Waals surface area contributed by atoms with E-state index in [-0.39, 0.29) is 6.03 Å². The molecule has 0 bridgehead atoms. The number of carbonyl (C=O) groups excluding carboxylic acids is 1. The summed E-state index contributed by atoms with van der Waals surface area (Å²) >= 11 is 0. The summed E-state index contributed by atoms with van der Waals surface area (Å²) in [6, 6.07) is 17.0. The number of benzene rings is 2. The van der Waals surface area contributed by atoms with Crippen LogP contribution in [0.4, 0.5) is 10.5 Å². The van der Waals surface area contributed by atoms with Crippen LogP contribution in [-0.4, -0.2) is 58.7 Å². The van der Waals surface area contributed by atoms with Crippen molar-refractivity contribution < 1.29 is 9.32 Å². The van der Waals surface area contributed by atoms with Crippen molar-refractivity contribution in [3.05, 3.63) is 65.5 Å². The lowest BCUT2D eigenvalue weighted by Gasteiger charge is -2.34. The minimum absolute atomic E-state index is 0.130. The molecule has 1 aliphatic heterocycles. The average Bonchev–Trinajstić information content (AvgIpc) is 3.29. The summed E-state index contributed by atoms with van der Waals surface area (Å²) in [5, 5.41) is 16.0. The molecule has 0 atom stereocenters. The van der Waals surface area contributed by atoms with Gasteiger partial charge < -0.3 is 14.7 Å². The molecule has 2 aromatic carbocycles. The third-order valence-corrected chi connectivity index (χ3v) is 5.55. The van der Waals surface area contributed by atoms with Gasteiger partial charge in [-0.1, -0.05) is 41.1 Å². The number of nitrogens with one attached hydrogen (secondary N) is 1. The van der Waals surface area contributed by atoms with Crippen LogP contribution in [0.15, 0.2) is 53.1 Å². The van der Waals surface area contributed by atoms with Crippen LogP contribution in [0.3, 0.4) is 0 Å². The first-order chi connectivity index (χ1) is 15.6. The van der Waals surface area contributed by atoms with Gasteiger partial charge >= 0.3 is 6.03 Å². The van der Waals surface area contributed by atoms with Gasteiger partial charge in [0.15, 0.2) is 0 Å². The summed E-state index contributed by atoms with van der Waals surface area (Å²) in [5.74, 6) is 1.28. The highest BCUT2D eigenvalue weighted by Crippen LogP contribution is 2.17. The standard InChI is InChI=1S/C24H26N6O2/c1-18-7-9-20(10-8-18)23-27-22(32-28-23)6-3-11-29-12-14-30(15-13-29)24(31)26-21-5-2-4-19(16-21)17-25/h2,4-5,7-10,16H,3,6,11-15H2,1H3,(H,26,31). The van der Waals surface area contributed by atoms with Crippen LogP contribution >= 0.6 is 0 Å². The SMILES string of the molecule is Cc1ccc(-c2noc(CCCN3CCN(C(=O)Nc4cccc(C#N)c4)CC3)n2)cc1. The summed E-state index contributed by atoms with van der Waals surface area (Å²) in [4.78, 5) is 21.2. The van der Waals surface area contributed by atoms with E-state index >= 15 is 0 Å². The topological polar surface area (TPSA) is 98.3 Å². The third-order valence-electron chi connectivity index (χ3n) is 5.55. The summed E-state index contributed by atoms with van der Waals surface area (Å²) in [6.45, 7) is 5.95. The van der Waals surface area contributed by atoms with Gasteiger partial charge in [-0.2, -0.15) is 10.2 Å². The molecule has 1 aromatic heterocycles. The fourth-order valence-electron chi connectivity index (χ4n) is 3.67. The number of carbonyl (C=O) groups is 1. The minimum atomic E-state index is -0.130. The van der Waals surface area contributed by atoms with E-state index < -0.39 is 0 Å². The normalized spacial score (nSPS) is 14.2. The molecule has 8 nitrogen and oxygen atoms in total. The van der Waals surface area contributed by atoms with Crippen LogP contribution in [0.5, 0.6) is 0 Å². The van der Waals surface area contributed by atoms with Gasteiger partial charge in [-0.05, 0) is 38.1 Å². The molecule has 1 aliphatic rings. The Kier molecular flexibility index (Phi) is 6.78. The highest BCUT2D eigenvalue weighted by molar-refractivity contribution is 5.89. The largest absolute Gasteiger partial charge is 0.339 e. The molecule has 0 radical (unpaired) electrons. The zero-order valence-corrected chi connectivity index (χ0v) is 18.1. The zero-order valence-electron chi connectivity index (χ0n) is 18.1. The van der Waals surface area contributed by atoms with E-state index in [0.29, 0.717) is 36.1 Å². The van der Waals surface area contributed by atoms with Crippen molar-refractivity contribution in [2.45, 2.75) is 19.8 Å². The quantitative estimate of drug-likeness (QED) is 0.640. The molecule has 8 heteroatoms. The molecule has 0 saturated carbocycles. The van der Waals surface area contributed by atoms with Gasteiger partial charge in [0.25, 0.3) is 0 Å². The van der Waals surface area contributed by atoms with Crippen LogP contribution in [0.25, 0.3) is 11.4 Å². The molecule has 1 saturated heterocycles. The molecule has 32 heavy (non-hydrogen) atoms. The molecule has 2 heterocycles. The fourth-order valence-corrected chi connectivity index (χ4v) is 3.67. The number of aromatic nitrogens is 2. The predicted molar refractivity (Wildman–Crippen MR) is 121 cm³/mol. The van der Waals surface area contributed by atoms with Gasteiger partial charge in [-0.25, -0.2) is 4.79 Å². The number of hydrogen-bond donors (Lipinski definition) is 1. The molecule has 4 rings (SSSR count). The van der Waals surface area contributed by atoms with Gasteiger partial charge in [-0.3, -0.25) is 4.90 Å². The lowest BCUT2D eigenvalue weighted by molar-refractivity contribution is 0.146. The maximum atomic E-state index is 12.5. The second-order valence-electron chi connectivity index (χ2n) is 7.93. The van der Waals surface area contributed by atoms with Gasteiger partial charge in [0.2, 0.25) is 11.7 Å². The average molecular weight is 431 g/mol. The summed E-state index contributed by atoms with van der Waals surface area (Å²) in [7, 11) is 0. The first kappa shape index (κ1) is 21.5. The van der Waals surface area contributed by atoms with Crippen molar-refractivity contribution in [2.75, 3.05) is 38.0 Å². The second-order valence-corrected chi connectivity index (χ2v) is 7.93. The Bertz CT molecular complexity index is 1090. The number of rotatable bonds is 6.